The Kier molecular flexibility index (Phi) is 3.22. The summed E-state index contributed by atoms with van der Waals surface area (Å²) in [4.78, 5) is 17.9. The molecule has 0 spiro atoms. The van der Waals surface area contributed by atoms with Crippen molar-refractivity contribution in [1.82, 2.24) is 14.2 Å². The Morgan fingerprint density at radius 3 is 2.15 bits per heavy atom. The number of hydrogen-bond acceptors (Lipinski definition) is 2. The monoisotopic (exact) mass is 337 g/mol. The smallest absolute Gasteiger partial charge is 0.267 e. The molecule has 124 valence electrons. The quantitative estimate of drug-likeness (QED) is 0.482. The van der Waals surface area contributed by atoms with Crippen molar-refractivity contribution in [2.45, 2.75) is 0 Å². The Bertz CT molecular complexity index is 1290. The van der Waals surface area contributed by atoms with Crippen molar-refractivity contribution in [3.05, 3.63) is 101 Å². The Balaban J connectivity index is 1.97. The molecule has 0 aliphatic carbocycles. The highest BCUT2D eigenvalue weighted by atomic mass is 16.1. The van der Waals surface area contributed by atoms with Crippen molar-refractivity contribution in [2.24, 2.45) is 0 Å². The molecule has 0 saturated heterocycles. The molecule has 5 rings (SSSR count). The van der Waals surface area contributed by atoms with Gasteiger partial charge in [0.05, 0.1) is 22.3 Å². The molecule has 4 nitrogen and oxygen atoms in total. The van der Waals surface area contributed by atoms with Crippen molar-refractivity contribution in [3.63, 3.8) is 0 Å². The molecule has 0 aliphatic heterocycles. The molecule has 0 unspecified atom stereocenters. The van der Waals surface area contributed by atoms with Gasteiger partial charge >= 0.3 is 0 Å². The van der Waals surface area contributed by atoms with Crippen molar-refractivity contribution < 1.29 is 0 Å². The summed E-state index contributed by atoms with van der Waals surface area (Å²) in [7, 11) is 0. The minimum absolute atomic E-state index is 0.0726. The summed E-state index contributed by atoms with van der Waals surface area (Å²) in [5, 5.41) is 0.611. The second-order valence-corrected chi connectivity index (χ2v) is 6.15. The van der Waals surface area contributed by atoms with E-state index in [0.29, 0.717) is 16.6 Å². The van der Waals surface area contributed by atoms with Gasteiger partial charge in [0, 0.05) is 11.6 Å². The third-order valence-corrected chi connectivity index (χ3v) is 4.54. The van der Waals surface area contributed by atoms with Gasteiger partial charge < -0.3 is 0 Å². The third kappa shape index (κ3) is 2.16. The van der Waals surface area contributed by atoms with Crippen LogP contribution in [0.1, 0.15) is 0 Å². The first-order valence-electron chi connectivity index (χ1n) is 8.47. The molecule has 0 fully saturated rings. The zero-order valence-electron chi connectivity index (χ0n) is 13.9. The largest absolute Gasteiger partial charge is 0.281 e. The SMILES string of the molecule is O=c1c2ccccc2nc2cc(-c3ccccc3)n(-c3ccccc3)n12. The predicted octanol–water partition coefficient (Wildman–Crippen LogP) is 4.31. The van der Waals surface area contributed by atoms with Crippen LogP contribution in [0.25, 0.3) is 33.5 Å². The van der Waals surface area contributed by atoms with Crippen molar-refractivity contribution in [1.29, 1.82) is 0 Å². The Morgan fingerprint density at radius 2 is 1.38 bits per heavy atom. The van der Waals surface area contributed by atoms with Crippen LogP contribution >= 0.6 is 0 Å². The predicted molar refractivity (Wildman–Crippen MR) is 104 cm³/mol. The molecule has 2 heterocycles. The van der Waals surface area contributed by atoms with E-state index < -0.39 is 0 Å². The van der Waals surface area contributed by atoms with Crippen LogP contribution in [-0.4, -0.2) is 14.2 Å². The van der Waals surface area contributed by atoms with Gasteiger partial charge in [-0.1, -0.05) is 60.7 Å². The Hall–Kier alpha value is -3.66. The standard InChI is InChI=1S/C22H15N3O/c26-22-18-13-7-8-14-19(18)23-21-15-20(16-9-3-1-4-10-16)24(25(21)22)17-11-5-2-6-12-17/h1-15H. The van der Waals surface area contributed by atoms with Gasteiger partial charge in [0.25, 0.3) is 5.56 Å². The van der Waals surface area contributed by atoms with E-state index in [-0.39, 0.29) is 5.56 Å². The Labute approximate surface area is 149 Å². The highest BCUT2D eigenvalue weighted by molar-refractivity contribution is 5.80. The van der Waals surface area contributed by atoms with Crippen LogP contribution in [0.3, 0.4) is 0 Å². The molecule has 26 heavy (non-hydrogen) atoms. The van der Waals surface area contributed by atoms with Crippen LogP contribution in [0, 0.1) is 0 Å². The van der Waals surface area contributed by atoms with Gasteiger partial charge in [0.2, 0.25) is 0 Å². The first-order chi connectivity index (χ1) is 12.8. The maximum atomic E-state index is 13.2. The molecule has 0 atom stereocenters. The lowest BCUT2D eigenvalue weighted by atomic mass is 10.1. The van der Waals surface area contributed by atoms with E-state index in [1.165, 1.54) is 0 Å². The van der Waals surface area contributed by atoms with Gasteiger partial charge in [0.15, 0.2) is 5.65 Å². The normalized spacial score (nSPS) is 11.2. The average molecular weight is 337 g/mol. The molecule has 5 aromatic rings. The van der Waals surface area contributed by atoms with E-state index in [1.54, 1.807) is 4.52 Å². The molecule has 3 aromatic carbocycles. The number of benzene rings is 3. The molecule has 0 radical (unpaired) electrons. The summed E-state index contributed by atoms with van der Waals surface area (Å²) >= 11 is 0. The molecule has 0 aliphatic rings. The number of nitrogens with zero attached hydrogens (tertiary/aromatic N) is 3. The van der Waals surface area contributed by atoms with Gasteiger partial charge in [-0.3, -0.25) is 4.79 Å². The van der Waals surface area contributed by atoms with Crippen molar-refractivity contribution in [3.8, 4) is 16.9 Å². The van der Waals surface area contributed by atoms with Gasteiger partial charge in [0.1, 0.15) is 0 Å². The fourth-order valence-electron chi connectivity index (χ4n) is 3.36. The number of para-hydroxylation sites is 2. The van der Waals surface area contributed by atoms with Crippen LogP contribution in [0.15, 0.2) is 95.8 Å². The van der Waals surface area contributed by atoms with E-state index in [0.717, 1.165) is 16.9 Å². The van der Waals surface area contributed by atoms with Crippen molar-refractivity contribution in [2.75, 3.05) is 0 Å². The van der Waals surface area contributed by atoms with E-state index in [2.05, 4.69) is 0 Å². The molecule has 0 saturated carbocycles. The number of rotatable bonds is 2. The van der Waals surface area contributed by atoms with E-state index in [9.17, 15) is 4.79 Å². The number of hydrogen-bond donors (Lipinski definition) is 0. The second kappa shape index (κ2) is 5.70. The van der Waals surface area contributed by atoms with E-state index in [1.807, 2.05) is 95.7 Å². The highest BCUT2D eigenvalue weighted by Crippen LogP contribution is 2.25. The molecule has 4 heteroatoms. The molecule has 0 N–H and O–H groups in total. The lowest BCUT2D eigenvalue weighted by molar-refractivity contribution is 0.778. The summed E-state index contributed by atoms with van der Waals surface area (Å²) in [5.41, 5.74) is 4.15. The summed E-state index contributed by atoms with van der Waals surface area (Å²) in [6, 6.07) is 29.4. The summed E-state index contributed by atoms with van der Waals surface area (Å²) in [6.45, 7) is 0. The first-order valence-corrected chi connectivity index (χ1v) is 8.47. The summed E-state index contributed by atoms with van der Waals surface area (Å²) in [6.07, 6.45) is 0. The van der Waals surface area contributed by atoms with Gasteiger partial charge in [-0.05, 0) is 24.3 Å². The highest BCUT2D eigenvalue weighted by Gasteiger charge is 2.16. The average Bonchev–Trinajstić information content (AvgIpc) is 3.09. The molecular formula is C22H15N3O. The summed E-state index contributed by atoms with van der Waals surface area (Å²) < 4.78 is 3.59. The molecule has 0 amide bonds. The van der Waals surface area contributed by atoms with Crippen LogP contribution < -0.4 is 5.56 Å². The molecular weight excluding hydrogens is 322 g/mol. The van der Waals surface area contributed by atoms with Gasteiger partial charge in [-0.2, -0.15) is 4.52 Å². The van der Waals surface area contributed by atoms with Crippen molar-refractivity contribution >= 4 is 16.6 Å². The van der Waals surface area contributed by atoms with Crippen LogP contribution in [0.2, 0.25) is 0 Å². The van der Waals surface area contributed by atoms with E-state index in [4.69, 9.17) is 4.98 Å². The Morgan fingerprint density at radius 1 is 0.731 bits per heavy atom. The zero-order valence-corrected chi connectivity index (χ0v) is 13.9. The lowest BCUT2D eigenvalue weighted by Crippen LogP contribution is -2.21. The van der Waals surface area contributed by atoms with Crippen LogP contribution in [-0.2, 0) is 0 Å². The lowest BCUT2D eigenvalue weighted by Gasteiger charge is -2.11. The summed E-state index contributed by atoms with van der Waals surface area (Å²) in [5.74, 6) is 0. The maximum Gasteiger partial charge on any atom is 0.281 e. The number of fused-ring (bicyclic) bond motifs is 2. The minimum Gasteiger partial charge on any atom is -0.267 e. The van der Waals surface area contributed by atoms with Gasteiger partial charge in [-0.15, -0.1) is 0 Å². The minimum atomic E-state index is -0.0726. The van der Waals surface area contributed by atoms with E-state index >= 15 is 0 Å². The fraction of sp³-hybridized carbons (Fsp3) is 0. The molecule has 0 bridgehead atoms. The van der Waals surface area contributed by atoms with Crippen LogP contribution in [0.5, 0.6) is 0 Å². The molecule has 2 aromatic heterocycles. The fourth-order valence-corrected chi connectivity index (χ4v) is 3.36. The second-order valence-electron chi connectivity index (χ2n) is 6.15. The topological polar surface area (TPSA) is 39.3 Å². The zero-order chi connectivity index (χ0) is 17.5. The third-order valence-electron chi connectivity index (χ3n) is 4.54. The van der Waals surface area contributed by atoms with Gasteiger partial charge in [-0.25, -0.2) is 9.67 Å². The van der Waals surface area contributed by atoms with Crippen LogP contribution in [0.4, 0.5) is 0 Å². The maximum absolute atomic E-state index is 13.2. The first kappa shape index (κ1) is 14.7. The number of aromatic nitrogens is 3.